The minimum Gasteiger partial charge on any atom is -0.311 e. The van der Waals surface area contributed by atoms with Crippen molar-refractivity contribution >= 4 is 11.7 Å². The molecule has 23 heavy (non-hydrogen) atoms. The van der Waals surface area contributed by atoms with Crippen LogP contribution in [0.25, 0.3) is 0 Å². The van der Waals surface area contributed by atoms with E-state index in [1.165, 1.54) is 18.9 Å². The van der Waals surface area contributed by atoms with E-state index in [1.807, 2.05) is 16.8 Å². The molecule has 0 radical (unpaired) electrons. The van der Waals surface area contributed by atoms with Crippen LogP contribution in [0.2, 0.25) is 0 Å². The summed E-state index contributed by atoms with van der Waals surface area (Å²) in [5, 5.41) is 7.35. The number of aromatic nitrogens is 2. The van der Waals surface area contributed by atoms with Gasteiger partial charge in [-0.2, -0.15) is 5.10 Å². The molecule has 2 unspecified atom stereocenters. The molecule has 4 nitrogen and oxygen atoms in total. The van der Waals surface area contributed by atoms with E-state index in [1.54, 1.807) is 18.3 Å². The van der Waals surface area contributed by atoms with Gasteiger partial charge in [-0.3, -0.25) is 4.79 Å². The number of hydrogen-bond acceptors (Lipinski definition) is 2. The zero-order chi connectivity index (χ0) is 15.8. The number of rotatable bonds is 4. The van der Waals surface area contributed by atoms with Crippen molar-refractivity contribution in [2.75, 3.05) is 5.32 Å². The van der Waals surface area contributed by atoms with E-state index in [0.29, 0.717) is 18.0 Å². The number of anilines is 1. The maximum absolute atomic E-state index is 13.8. The second-order valence-corrected chi connectivity index (χ2v) is 6.56. The van der Waals surface area contributed by atoms with Crippen LogP contribution in [-0.4, -0.2) is 15.7 Å². The lowest BCUT2D eigenvalue weighted by molar-refractivity contribution is -0.117. The molecule has 2 fully saturated rings. The first-order valence-electron chi connectivity index (χ1n) is 8.33. The number of halogens is 1. The van der Waals surface area contributed by atoms with Gasteiger partial charge < -0.3 is 5.32 Å². The number of carbonyl (C=O) groups excluding carboxylic acids is 1. The van der Waals surface area contributed by atoms with E-state index in [4.69, 9.17) is 0 Å². The van der Waals surface area contributed by atoms with Crippen LogP contribution in [-0.2, 0) is 4.79 Å². The number of benzene rings is 1. The Kier molecular flexibility index (Phi) is 3.63. The molecule has 1 N–H and O–H groups in total. The van der Waals surface area contributed by atoms with Gasteiger partial charge in [-0.05, 0) is 36.8 Å². The second-order valence-electron chi connectivity index (χ2n) is 6.56. The van der Waals surface area contributed by atoms with Gasteiger partial charge >= 0.3 is 0 Å². The third kappa shape index (κ3) is 2.76. The van der Waals surface area contributed by atoms with E-state index in [2.05, 4.69) is 10.4 Å². The molecule has 1 aromatic heterocycles. The summed E-state index contributed by atoms with van der Waals surface area (Å²) >= 11 is 0. The first-order chi connectivity index (χ1) is 11.2. The van der Waals surface area contributed by atoms with Crippen LogP contribution in [0.4, 0.5) is 10.2 Å². The second kappa shape index (κ2) is 5.80. The lowest BCUT2D eigenvalue weighted by Crippen LogP contribution is -2.19. The highest BCUT2D eigenvalue weighted by Gasteiger charge is 2.45. The summed E-state index contributed by atoms with van der Waals surface area (Å²) in [4.78, 5) is 12.5. The highest BCUT2D eigenvalue weighted by Crippen LogP contribution is 2.48. The van der Waals surface area contributed by atoms with Crippen LogP contribution < -0.4 is 5.32 Å². The van der Waals surface area contributed by atoms with Crippen molar-refractivity contribution in [1.82, 2.24) is 9.78 Å². The Hall–Kier alpha value is -2.17. The van der Waals surface area contributed by atoms with E-state index in [0.717, 1.165) is 18.7 Å². The maximum Gasteiger partial charge on any atom is 0.229 e. The SMILES string of the molecule is O=C(Nc1ccnn1C1CCCC1)C1CC1c1ccccc1F. The zero-order valence-electron chi connectivity index (χ0n) is 12.9. The lowest BCUT2D eigenvalue weighted by atomic mass is 10.1. The van der Waals surface area contributed by atoms with Gasteiger partial charge in [0, 0.05) is 12.0 Å². The summed E-state index contributed by atoms with van der Waals surface area (Å²) in [6.45, 7) is 0. The molecule has 5 heteroatoms. The van der Waals surface area contributed by atoms with E-state index >= 15 is 0 Å². The van der Waals surface area contributed by atoms with Gasteiger partial charge in [-0.15, -0.1) is 0 Å². The van der Waals surface area contributed by atoms with Crippen LogP contribution in [0.5, 0.6) is 0 Å². The monoisotopic (exact) mass is 313 g/mol. The minimum atomic E-state index is -0.219. The molecule has 2 atom stereocenters. The third-order valence-electron chi connectivity index (χ3n) is 5.02. The molecule has 2 aliphatic carbocycles. The fourth-order valence-corrected chi connectivity index (χ4v) is 3.68. The molecule has 0 bridgehead atoms. The summed E-state index contributed by atoms with van der Waals surface area (Å²) in [6, 6.07) is 8.96. The van der Waals surface area contributed by atoms with Crippen molar-refractivity contribution in [3.8, 4) is 0 Å². The van der Waals surface area contributed by atoms with Gasteiger partial charge in [-0.1, -0.05) is 31.0 Å². The molecular formula is C18H20FN3O. The number of nitrogens with zero attached hydrogens (tertiary/aromatic N) is 2. The van der Waals surface area contributed by atoms with Crippen molar-refractivity contribution in [1.29, 1.82) is 0 Å². The van der Waals surface area contributed by atoms with Gasteiger partial charge in [0.05, 0.1) is 12.2 Å². The Labute approximate surface area is 134 Å². The quantitative estimate of drug-likeness (QED) is 0.931. The standard InChI is InChI=1S/C18H20FN3O/c19-16-8-4-3-7-13(16)14-11-15(14)18(23)21-17-9-10-20-22(17)12-5-1-2-6-12/h3-4,7-10,12,14-15H,1-2,5-6,11H2,(H,21,23). The molecule has 2 saturated carbocycles. The van der Waals surface area contributed by atoms with Gasteiger partial charge in [0.1, 0.15) is 11.6 Å². The predicted molar refractivity (Wildman–Crippen MR) is 85.6 cm³/mol. The average Bonchev–Trinajstić information content (AvgIpc) is 2.95. The van der Waals surface area contributed by atoms with Crippen LogP contribution in [0.3, 0.4) is 0 Å². The van der Waals surface area contributed by atoms with Crippen LogP contribution in [0.15, 0.2) is 36.5 Å². The van der Waals surface area contributed by atoms with Gasteiger partial charge in [-0.25, -0.2) is 9.07 Å². The van der Waals surface area contributed by atoms with Crippen LogP contribution >= 0.6 is 0 Å². The van der Waals surface area contributed by atoms with E-state index in [-0.39, 0.29) is 23.6 Å². The molecular weight excluding hydrogens is 293 g/mol. The Balaban J connectivity index is 1.44. The molecule has 1 amide bonds. The summed E-state index contributed by atoms with van der Waals surface area (Å²) in [5.74, 6) is 0.376. The first-order valence-corrected chi connectivity index (χ1v) is 8.33. The van der Waals surface area contributed by atoms with Crippen molar-refractivity contribution in [2.24, 2.45) is 5.92 Å². The highest BCUT2D eigenvalue weighted by atomic mass is 19.1. The molecule has 0 aliphatic heterocycles. The molecule has 2 aliphatic rings. The Morgan fingerprint density at radius 1 is 1.22 bits per heavy atom. The number of amides is 1. The van der Waals surface area contributed by atoms with Crippen molar-refractivity contribution in [3.63, 3.8) is 0 Å². The third-order valence-corrected chi connectivity index (χ3v) is 5.02. The number of nitrogens with one attached hydrogen (secondary N) is 1. The molecule has 1 heterocycles. The minimum absolute atomic E-state index is 0.000878. The summed E-state index contributed by atoms with van der Waals surface area (Å²) in [6.07, 6.45) is 7.11. The molecule has 0 spiro atoms. The predicted octanol–water partition coefficient (Wildman–Crippen LogP) is 3.88. The summed E-state index contributed by atoms with van der Waals surface area (Å²) in [7, 11) is 0. The fourth-order valence-electron chi connectivity index (χ4n) is 3.68. The van der Waals surface area contributed by atoms with Gasteiger partial charge in [0.25, 0.3) is 0 Å². The normalized spacial score (nSPS) is 23.9. The number of hydrogen-bond donors (Lipinski definition) is 1. The largest absolute Gasteiger partial charge is 0.311 e. The number of carbonyl (C=O) groups is 1. The Morgan fingerprint density at radius 3 is 2.78 bits per heavy atom. The van der Waals surface area contributed by atoms with Crippen LogP contribution in [0.1, 0.15) is 49.6 Å². The maximum atomic E-state index is 13.8. The van der Waals surface area contributed by atoms with Crippen molar-refractivity contribution in [3.05, 3.63) is 47.9 Å². The Bertz CT molecular complexity index is 721. The topological polar surface area (TPSA) is 46.9 Å². The first kappa shape index (κ1) is 14.4. The summed E-state index contributed by atoms with van der Waals surface area (Å²) < 4.78 is 15.8. The Morgan fingerprint density at radius 2 is 2.00 bits per heavy atom. The zero-order valence-corrected chi connectivity index (χ0v) is 12.9. The van der Waals surface area contributed by atoms with Gasteiger partial charge in [0.15, 0.2) is 0 Å². The van der Waals surface area contributed by atoms with Crippen molar-refractivity contribution < 1.29 is 9.18 Å². The molecule has 0 saturated heterocycles. The average molecular weight is 313 g/mol. The molecule has 4 rings (SSSR count). The van der Waals surface area contributed by atoms with Gasteiger partial charge in [0.2, 0.25) is 5.91 Å². The fraction of sp³-hybridized carbons (Fsp3) is 0.444. The smallest absolute Gasteiger partial charge is 0.229 e. The lowest BCUT2D eigenvalue weighted by Gasteiger charge is -2.14. The van der Waals surface area contributed by atoms with E-state index < -0.39 is 0 Å². The highest BCUT2D eigenvalue weighted by molar-refractivity contribution is 5.94. The summed E-state index contributed by atoms with van der Waals surface area (Å²) in [5.41, 5.74) is 0.650. The van der Waals surface area contributed by atoms with E-state index in [9.17, 15) is 9.18 Å². The van der Waals surface area contributed by atoms with Crippen molar-refractivity contribution in [2.45, 2.75) is 44.1 Å². The molecule has 120 valence electrons. The van der Waals surface area contributed by atoms with Crippen LogP contribution in [0, 0.1) is 11.7 Å². The molecule has 2 aromatic rings. The molecule has 1 aromatic carbocycles.